The Morgan fingerprint density at radius 3 is 2.79 bits per heavy atom. The SMILES string of the molecule is Cc1c(F)cccc1-c1ncn(C)n1. The normalized spacial score (nSPS) is 10.5. The number of aromatic nitrogens is 3. The molecular formula is C10H10FN3. The topological polar surface area (TPSA) is 30.7 Å². The summed E-state index contributed by atoms with van der Waals surface area (Å²) in [6.45, 7) is 1.72. The molecule has 0 aliphatic carbocycles. The molecule has 0 radical (unpaired) electrons. The summed E-state index contributed by atoms with van der Waals surface area (Å²) in [7, 11) is 1.78. The van der Waals surface area contributed by atoms with Crippen LogP contribution in [0.3, 0.4) is 0 Å². The molecule has 0 N–H and O–H groups in total. The van der Waals surface area contributed by atoms with Crippen LogP contribution in [0, 0.1) is 12.7 Å². The highest BCUT2D eigenvalue weighted by molar-refractivity contribution is 5.59. The number of hydrogen-bond acceptors (Lipinski definition) is 2. The van der Waals surface area contributed by atoms with Crippen molar-refractivity contribution in [3.05, 3.63) is 35.9 Å². The van der Waals surface area contributed by atoms with Gasteiger partial charge in [-0.2, -0.15) is 5.10 Å². The van der Waals surface area contributed by atoms with E-state index in [0.717, 1.165) is 5.56 Å². The maximum absolute atomic E-state index is 13.2. The average Bonchev–Trinajstić information content (AvgIpc) is 2.57. The first-order valence-electron chi connectivity index (χ1n) is 4.29. The molecule has 0 amide bonds. The van der Waals surface area contributed by atoms with Crippen LogP contribution in [0.2, 0.25) is 0 Å². The third kappa shape index (κ3) is 1.39. The number of aryl methyl sites for hydroxylation is 1. The molecule has 1 aromatic carbocycles. The first-order valence-corrected chi connectivity index (χ1v) is 4.29. The van der Waals surface area contributed by atoms with E-state index in [1.807, 2.05) is 6.07 Å². The van der Waals surface area contributed by atoms with E-state index in [9.17, 15) is 4.39 Å². The van der Waals surface area contributed by atoms with Crippen LogP contribution in [0.5, 0.6) is 0 Å². The van der Waals surface area contributed by atoms with Crippen LogP contribution in [0.15, 0.2) is 24.5 Å². The molecule has 0 atom stereocenters. The van der Waals surface area contributed by atoms with E-state index < -0.39 is 0 Å². The maximum atomic E-state index is 13.2. The van der Waals surface area contributed by atoms with Crippen molar-refractivity contribution in [2.45, 2.75) is 6.92 Å². The van der Waals surface area contributed by atoms with E-state index in [1.54, 1.807) is 31.0 Å². The van der Waals surface area contributed by atoms with Crippen molar-refractivity contribution in [2.24, 2.45) is 7.05 Å². The van der Waals surface area contributed by atoms with Gasteiger partial charge in [-0.05, 0) is 18.6 Å². The second kappa shape index (κ2) is 3.21. The zero-order valence-corrected chi connectivity index (χ0v) is 8.03. The predicted molar refractivity (Wildman–Crippen MR) is 51.1 cm³/mol. The van der Waals surface area contributed by atoms with Crippen molar-refractivity contribution >= 4 is 0 Å². The Morgan fingerprint density at radius 1 is 1.36 bits per heavy atom. The maximum Gasteiger partial charge on any atom is 0.181 e. The summed E-state index contributed by atoms with van der Waals surface area (Å²) in [4.78, 5) is 4.07. The van der Waals surface area contributed by atoms with Crippen molar-refractivity contribution < 1.29 is 4.39 Å². The average molecular weight is 191 g/mol. The summed E-state index contributed by atoms with van der Waals surface area (Å²) in [6, 6.07) is 4.91. The van der Waals surface area contributed by atoms with Crippen molar-refractivity contribution in [3.8, 4) is 11.4 Å². The van der Waals surface area contributed by atoms with Gasteiger partial charge in [0.2, 0.25) is 0 Å². The Labute approximate surface area is 81.2 Å². The molecular weight excluding hydrogens is 181 g/mol. The van der Waals surface area contributed by atoms with Gasteiger partial charge in [0.05, 0.1) is 0 Å². The van der Waals surface area contributed by atoms with Crippen LogP contribution < -0.4 is 0 Å². The van der Waals surface area contributed by atoms with Crippen molar-refractivity contribution in [1.82, 2.24) is 14.8 Å². The molecule has 3 nitrogen and oxygen atoms in total. The predicted octanol–water partition coefficient (Wildman–Crippen LogP) is 1.93. The number of halogens is 1. The Morgan fingerprint density at radius 2 is 2.14 bits per heavy atom. The first-order chi connectivity index (χ1) is 6.68. The van der Waals surface area contributed by atoms with Gasteiger partial charge < -0.3 is 0 Å². The molecule has 0 saturated heterocycles. The molecule has 4 heteroatoms. The van der Waals surface area contributed by atoms with Gasteiger partial charge in [-0.15, -0.1) is 0 Å². The van der Waals surface area contributed by atoms with Crippen LogP contribution in [0.4, 0.5) is 4.39 Å². The molecule has 0 saturated carbocycles. The summed E-state index contributed by atoms with van der Waals surface area (Å²) >= 11 is 0. The van der Waals surface area contributed by atoms with Crippen LogP contribution >= 0.6 is 0 Å². The molecule has 0 aliphatic heterocycles. The van der Waals surface area contributed by atoms with Gasteiger partial charge in [-0.3, -0.25) is 4.68 Å². The largest absolute Gasteiger partial charge is 0.255 e. The third-order valence-electron chi connectivity index (χ3n) is 2.11. The van der Waals surface area contributed by atoms with Gasteiger partial charge >= 0.3 is 0 Å². The summed E-state index contributed by atoms with van der Waals surface area (Å²) in [5.74, 6) is 0.333. The first kappa shape index (κ1) is 8.87. The van der Waals surface area contributed by atoms with E-state index in [1.165, 1.54) is 6.07 Å². The highest BCUT2D eigenvalue weighted by atomic mass is 19.1. The van der Waals surface area contributed by atoms with Gasteiger partial charge in [0.25, 0.3) is 0 Å². The summed E-state index contributed by atoms with van der Waals surface area (Å²) in [5, 5.41) is 4.12. The standard InChI is InChI=1S/C10H10FN3/c1-7-8(4-3-5-9(7)11)10-12-6-14(2)13-10/h3-6H,1-2H3. The van der Waals surface area contributed by atoms with E-state index in [2.05, 4.69) is 10.1 Å². The minimum Gasteiger partial charge on any atom is -0.255 e. The smallest absolute Gasteiger partial charge is 0.181 e. The molecule has 0 aliphatic rings. The van der Waals surface area contributed by atoms with E-state index >= 15 is 0 Å². The molecule has 0 bridgehead atoms. The van der Waals surface area contributed by atoms with Gasteiger partial charge in [0, 0.05) is 12.6 Å². The quantitative estimate of drug-likeness (QED) is 0.689. The monoisotopic (exact) mass is 191 g/mol. The molecule has 72 valence electrons. The molecule has 2 aromatic rings. The van der Waals surface area contributed by atoms with Crippen LogP contribution in [-0.2, 0) is 7.05 Å². The molecule has 1 heterocycles. The fraction of sp³-hybridized carbons (Fsp3) is 0.200. The summed E-state index contributed by atoms with van der Waals surface area (Å²) in [6.07, 6.45) is 1.60. The zero-order chi connectivity index (χ0) is 10.1. The van der Waals surface area contributed by atoms with E-state index in [-0.39, 0.29) is 5.82 Å². The van der Waals surface area contributed by atoms with Crippen LogP contribution in [0.25, 0.3) is 11.4 Å². The molecule has 0 unspecified atom stereocenters. The number of nitrogens with zero attached hydrogens (tertiary/aromatic N) is 3. The van der Waals surface area contributed by atoms with Crippen molar-refractivity contribution in [3.63, 3.8) is 0 Å². The van der Waals surface area contributed by atoms with E-state index in [4.69, 9.17) is 0 Å². The van der Waals surface area contributed by atoms with Crippen molar-refractivity contribution in [1.29, 1.82) is 0 Å². The van der Waals surface area contributed by atoms with E-state index in [0.29, 0.717) is 11.4 Å². The minimum atomic E-state index is -0.227. The molecule has 1 aromatic heterocycles. The van der Waals surface area contributed by atoms with Gasteiger partial charge in [-0.1, -0.05) is 12.1 Å². The lowest BCUT2D eigenvalue weighted by Gasteiger charge is -2.01. The Bertz CT molecular complexity index is 462. The Hall–Kier alpha value is -1.71. The third-order valence-corrected chi connectivity index (χ3v) is 2.11. The van der Waals surface area contributed by atoms with Gasteiger partial charge in [0.15, 0.2) is 5.82 Å². The zero-order valence-electron chi connectivity index (χ0n) is 8.03. The van der Waals surface area contributed by atoms with Gasteiger partial charge in [-0.25, -0.2) is 9.37 Å². The molecule has 14 heavy (non-hydrogen) atoms. The molecule has 2 rings (SSSR count). The number of benzene rings is 1. The fourth-order valence-electron chi connectivity index (χ4n) is 1.31. The fourth-order valence-corrected chi connectivity index (χ4v) is 1.31. The molecule has 0 spiro atoms. The lowest BCUT2D eigenvalue weighted by molar-refractivity contribution is 0.619. The second-order valence-electron chi connectivity index (χ2n) is 3.15. The van der Waals surface area contributed by atoms with Gasteiger partial charge in [0.1, 0.15) is 12.1 Å². The highest BCUT2D eigenvalue weighted by Gasteiger charge is 2.08. The summed E-state index contributed by atoms with van der Waals surface area (Å²) in [5.41, 5.74) is 1.32. The highest BCUT2D eigenvalue weighted by Crippen LogP contribution is 2.20. The Kier molecular flexibility index (Phi) is 2.04. The minimum absolute atomic E-state index is 0.227. The number of hydrogen-bond donors (Lipinski definition) is 0. The molecule has 0 fully saturated rings. The number of rotatable bonds is 1. The lowest BCUT2D eigenvalue weighted by atomic mass is 10.1. The second-order valence-corrected chi connectivity index (χ2v) is 3.15. The van der Waals surface area contributed by atoms with Crippen LogP contribution in [-0.4, -0.2) is 14.8 Å². The Balaban J connectivity index is 2.57. The lowest BCUT2D eigenvalue weighted by Crippen LogP contribution is -1.91. The van der Waals surface area contributed by atoms with Crippen molar-refractivity contribution in [2.75, 3.05) is 0 Å². The summed E-state index contributed by atoms with van der Waals surface area (Å²) < 4.78 is 14.8. The van der Waals surface area contributed by atoms with Crippen LogP contribution in [0.1, 0.15) is 5.56 Å².